The lowest BCUT2D eigenvalue weighted by Gasteiger charge is -2.32. The highest BCUT2D eigenvalue weighted by atomic mass is 16.6. The molecule has 4 rings (SSSR count). The second-order valence-electron chi connectivity index (χ2n) is 7.41. The quantitative estimate of drug-likeness (QED) is 0.558. The number of nitrogens with zero attached hydrogens (tertiary/aromatic N) is 5. The molecule has 2 N–H and O–H groups in total. The Labute approximate surface area is 168 Å². The third kappa shape index (κ3) is 4.21. The summed E-state index contributed by atoms with van der Waals surface area (Å²) in [6.07, 6.45) is 2.08. The van der Waals surface area contributed by atoms with Crippen LogP contribution in [0.15, 0.2) is 24.3 Å². The molecule has 0 radical (unpaired) electrons. The van der Waals surface area contributed by atoms with Crippen LogP contribution in [-0.4, -0.2) is 56.7 Å². The van der Waals surface area contributed by atoms with Gasteiger partial charge in [-0.1, -0.05) is 12.1 Å². The number of benzene rings is 1. The molecule has 2 aromatic rings. The van der Waals surface area contributed by atoms with Gasteiger partial charge in [-0.3, -0.25) is 14.9 Å². The van der Waals surface area contributed by atoms with Gasteiger partial charge < -0.3 is 20.1 Å². The fourth-order valence-corrected chi connectivity index (χ4v) is 4.05. The van der Waals surface area contributed by atoms with Crippen molar-refractivity contribution in [2.24, 2.45) is 0 Å². The number of carbonyl (C=O) groups excluding carboxylic acids is 1. The van der Waals surface area contributed by atoms with Gasteiger partial charge in [-0.05, 0) is 18.9 Å². The van der Waals surface area contributed by atoms with E-state index in [2.05, 4.69) is 25.4 Å². The molecule has 0 unspecified atom stereocenters. The van der Waals surface area contributed by atoms with Gasteiger partial charge in [-0.2, -0.15) is 0 Å². The molecule has 154 valence electrons. The normalized spacial score (nSPS) is 17.0. The lowest BCUT2D eigenvalue weighted by molar-refractivity contribution is -0.384. The van der Waals surface area contributed by atoms with Gasteiger partial charge in [0.25, 0.3) is 5.69 Å². The summed E-state index contributed by atoms with van der Waals surface area (Å²) in [7, 11) is 0. The van der Waals surface area contributed by atoms with Gasteiger partial charge in [-0.15, -0.1) is 10.2 Å². The molecule has 3 heterocycles. The van der Waals surface area contributed by atoms with Crippen molar-refractivity contribution >= 4 is 17.3 Å². The van der Waals surface area contributed by atoms with Crippen LogP contribution in [0, 0.1) is 10.1 Å². The summed E-state index contributed by atoms with van der Waals surface area (Å²) >= 11 is 0. The molecule has 0 spiro atoms. The minimum atomic E-state index is -0.422. The second kappa shape index (κ2) is 8.56. The predicted molar refractivity (Wildman–Crippen MR) is 106 cm³/mol. The number of aromatic nitrogens is 3. The van der Waals surface area contributed by atoms with Crippen LogP contribution in [0.25, 0.3) is 0 Å². The topological polar surface area (TPSA) is 118 Å². The molecule has 1 fully saturated rings. The Hall–Kier alpha value is -3.01. The minimum absolute atomic E-state index is 0.0209. The maximum Gasteiger partial charge on any atom is 0.292 e. The molecular formula is C19H25N7O3. The van der Waals surface area contributed by atoms with Crippen LogP contribution < -0.4 is 10.6 Å². The van der Waals surface area contributed by atoms with Crippen LogP contribution in [0.5, 0.6) is 0 Å². The third-order valence-corrected chi connectivity index (χ3v) is 5.62. The number of amides is 1. The van der Waals surface area contributed by atoms with Crippen molar-refractivity contribution in [3.05, 3.63) is 46.0 Å². The van der Waals surface area contributed by atoms with Gasteiger partial charge in [-0.25, -0.2) is 0 Å². The summed E-state index contributed by atoms with van der Waals surface area (Å²) in [4.78, 5) is 25.1. The highest BCUT2D eigenvalue weighted by Gasteiger charge is 2.28. The first-order valence-corrected chi connectivity index (χ1v) is 10.0. The lowest BCUT2D eigenvalue weighted by atomic mass is 9.95. The molecular weight excluding hydrogens is 374 g/mol. The number of anilines is 1. The zero-order valence-electron chi connectivity index (χ0n) is 16.2. The first-order valence-electron chi connectivity index (χ1n) is 10.0. The van der Waals surface area contributed by atoms with Gasteiger partial charge in [0.1, 0.15) is 17.3 Å². The van der Waals surface area contributed by atoms with E-state index < -0.39 is 4.92 Å². The second-order valence-corrected chi connectivity index (χ2v) is 7.41. The van der Waals surface area contributed by atoms with Gasteiger partial charge in [0, 0.05) is 51.1 Å². The summed E-state index contributed by atoms with van der Waals surface area (Å²) in [5.74, 6) is 2.45. The average Bonchev–Trinajstić information content (AvgIpc) is 3.18. The lowest BCUT2D eigenvalue weighted by Crippen LogP contribution is -2.39. The molecule has 1 aromatic carbocycles. The number of nitro groups is 1. The molecule has 29 heavy (non-hydrogen) atoms. The maximum absolute atomic E-state index is 12.5. The number of piperidine rings is 1. The first kappa shape index (κ1) is 19.3. The smallest absolute Gasteiger partial charge is 0.292 e. The molecule has 0 saturated carbocycles. The Morgan fingerprint density at radius 3 is 2.83 bits per heavy atom. The van der Waals surface area contributed by atoms with Crippen LogP contribution in [0.2, 0.25) is 0 Å². The van der Waals surface area contributed by atoms with Crippen molar-refractivity contribution < 1.29 is 9.72 Å². The van der Waals surface area contributed by atoms with Crippen molar-refractivity contribution in [3.8, 4) is 0 Å². The Kier molecular flexibility index (Phi) is 5.70. The molecule has 0 bridgehead atoms. The molecule has 1 aromatic heterocycles. The van der Waals surface area contributed by atoms with Crippen molar-refractivity contribution in [3.63, 3.8) is 0 Å². The minimum Gasteiger partial charge on any atom is -0.379 e. The van der Waals surface area contributed by atoms with E-state index in [1.807, 2.05) is 4.90 Å². The number of hydrogen-bond acceptors (Lipinski definition) is 7. The number of para-hydroxylation sites is 2. The predicted octanol–water partition coefficient (Wildman–Crippen LogP) is 1.50. The third-order valence-electron chi connectivity index (χ3n) is 5.62. The summed E-state index contributed by atoms with van der Waals surface area (Å²) in [6, 6.07) is 6.47. The standard InChI is InChI=1S/C19H25N7O3/c27-18(5-8-21-15-3-1-2-4-16(15)26(28)29)24-10-6-14(7-11-24)19-23-22-17-13-20-9-12-25(17)19/h1-4,14,20-21H,5-13H2. The van der Waals surface area contributed by atoms with E-state index in [1.165, 1.54) is 6.07 Å². The molecule has 0 atom stereocenters. The molecule has 2 aliphatic rings. The van der Waals surface area contributed by atoms with Gasteiger partial charge >= 0.3 is 0 Å². The molecule has 10 nitrogen and oxygen atoms in total. The Morgan fingerprint density at radius 1 is 1.24 bits per heavy atom. The fourth-order valence-electron chi connectivity index (χ4n) is 4.05. The number of fused-ring (bicyclic) bond motifs is 1. The van der Waals surface area contributed by atoms with E-state index in [1.54, 1.807) is 18.2 Å². The van der Waals surface area contributed by atoms with Gasteiger partial charge in [0.15, 0.2) is 0 Å². The molecule has 1 saturated heterocycles. The van der Waals surface area contributed by atoms with E-state index in [0.717, 1.165) is 44.1 Å². The van der Waals surface area contributed by atoms with Crippen molar-refractivity contribution in [1.29, 1.82) is 0 Å². The zero-order chi connectivity index (χ0) is 20.2. The van der Waals surface area contributed by atoms with Crippen molar-refractivity contribution in [2.75, 3.05) is 31.5 Å². The first-order chi connectivity index (χ1) is 14.1. The van der Waals surface area contributed by atoms with Gasteiger partial charge in [0.05, 0.1) is 11.5 Å². The zero-order valence-corrected chi connectivity index (χ0v) is 16.2. The Morgan fingerprint density at radius 2 is 2.03 bits per heavy atom. The van der Waals surface area contributed by atoms with Crippen LogP contribution >= 0.6 is 0 Å². The van der Waals surface area contributed by atoms with Crippen LogP contribution in [0.3, 0.4) is 0 Å². The number of rotatable bonds is 6. The SMILES string of the molecule is O=C(CCNc1ccccc1[N+](=O)[O-])N1CCC(c2nnc3n2CCNC3)CC1. The van der Waals surface area contributed by atoms with E-state index >= 15 is 0 Å². The summed E-state index contributed by atoms with van der Waals surface area (Å²) in [5, 5.41) is 26.1. The van der Waals surface area contributed by atoms with Crippen molar-refractivity contribution in [1.82, 2.24) is 25.0 Å². The summed E-state index contributed by atoms with van der Waals surface area (Å²) < 4.78 is 2.22. The molecule has 1 amide bonds. The van der Waals surface area contributed by atoms with E-state index in [9.17, 15) is 14.9 Å². The fraction of sp³-hybridized carbons (Fsp3) is 0.526. The number of nitro benzene ring substituents is 1. The molecule has 2 aliphatic heterocycles. The van der Waals surface area contributed by atoms with Crippen LogP contribution in [0.4, 0.5) is 11.4 Å². The number of carbonyl (C=O) groups is 1. The van der Waals surface area contributed by atoms with Gasteiger partial charge in [0.2, 0.25) is 5.91 Å². The van der Waals surface area contributed by atoms with Crippen LogP contribution in [-0.2, 0) is 17.9 Å². The molecule has 10 heteroatoms. The van der Waals surface area contributed by atoms with E-state index in [4.69, 9.17) is 0 Å². The Bertz CT molecular complexity index is 890. The Balaban J connectivity index is 1.26. The molecule has 0 aliphatic carbocycles. The summed E-state index contributed by atoms with van der Waals surface area (Å²) in [6.45, 7) is 4.37. The van der Waals surface area contributed by atoms with Crippen LogP contribution in [0.1, 0.15) is 36.8 Å². The highest BCUT2D eigenvalue weighted by molar-refractivity contribution is 5.77. The largest absolute Gasteiger partial charge is 0.379 e. The van der Waals surface area contributed by atoms with Crippen molar-refractivity contribution in [2.45, 2.75) is 38.3 Å². The number of nitrogens with one attached hydrogen (secondary N) is 2. The summed E-state index contributed by atoms with van der Waals surface area (Å²) in [5.41, 5.74) is 0.461. The number of likely N-dealkylation sites (tertiary alicyclic amines) is 1. The maximum atomic E-state index is 12.5. The number of hydrogen-bond donors (Lipinski definition) is 2. The average molecular weight is 399 g/mol. The monoisotopic (exact) mass is 399 g/mol. The highest BCUT2D eigenvalue weighted by Crippen LogP contribution is 2.28. The van der Waals surface area contributed by atoms with E-state index in [0.29, 0.717) is 37.7 Å². The van der Waals surface area contributed by atoms with E-state index in [-0.39, 0.29) is 11.6 Å².